The summed E-state index contributed by atoms with van der Waals surface area (Å²) in [5, 5.41) is -0.461. The monoisotopic (exact) mass is 299 g/mol. The highest BCUT2D eigenvalue weighted by atomic mass is 32.2. The first-order chi connectivity index (χ1) is 10.2. The molecule has 2 atom stereocenters. The first kappa shape index (κ1) is 14.2. The van der Waals surface area contributed by atoms with Crippen LogP contribution in [-0.4, -0.2) is 17.8 Å². The van der Waals surface area contributed by atoms with Crippen LogP contribution in [0, 0.1) is 0 Å². The number of ether oxygens (including phenoxy) is 1. The van der Waals surface area contributed by atoms with Crippen molar-refractivity contribution in [3.05, 3.63) is 65.7 Å². The summed E-state index contributed by atoms with van der Waals surface area (Å²) < 4.78 is 5.23. The van der Waals surface area contributed by atoms with E-state index in [0.717, 1.165) is 16.0 Å². The zero-order valence-electron chi connectivity index (χ0n) is 11.8. The van der Waals surface area contributed by atoms with Crippen LogP contribution in [0.2, 0.25) is 0 Å². The molecule has 1 aliphatic heterocycles. The molecule has 2 aromatic rings. The minimum absolute atomic E-state index is 0.259. The predicted octanol–water partition coefficient (Wildman–Crippen LogP) is 2.93. The molecule has 1 aliphatic rings. The minimum atomic E-state index is -0.852. The quantitative estimate of drug-likeness (QED) is 0.885. The van der Waals surface area contributed by atoms with Crippen molar-refractivity contribution >= 4 is 17.7 Å². The largest absolute Gasteiger partial charge is 0.465 e. The molecule has 1 heterocycles. The Morgan fingerprint density at radius 2 is 1.86 bits per heavy atom. The molecule has 2 aromatic carbocycles. The number of benzene rings is 2. The van der Waals surface area contributed by atoms with Crippen molar-refractivity contribution in [2.24, 2.45) is 5.73 Å². The second-order valence-electron chi connectivity index (χ2n) is 4.98. The van der Waals surface area contributed by atoms with Gasteiger partial charge in [0.25, 0.3) is 0 Å². The molecule has 0 fully saturated rings. The van der Waals surface area contributed by atoms with E-state index in [1.807, 2.05) is 61.5 Å². The standard InChI is InChI=1S/C17H17NO2S/c1-2-20-16(19)15-17(18,12-8-4-3-5-9-12)13-10-6-7-11-14(13)21-15/h3-11,15H,2,18H2,1H3. The summed E-state index contributed by atoms with van der Waals surface area (Å²) in [5.41, 5.74) is 7.81. The predicted molar refractivity (Wildman–Crippen MR) is 84.1 cm³/mol. The van der Waals surface area contributed by atoms with E-state index in [0.29, 0.717) is 6.61 Å². The molecule has 0 aliphatic carbocycles. The van der Waals surface area contributed by atoms with E-state index in [1.54, 1.807) is 0 Å². The van der Waals surface area contributed by atoms with Gasteiger partial charge < -0.3 is 10.5 Å². The van der Waals surface area contributed by atoms with Gasteiger partial charge in [-0.1, -0.05) is 48.5 Å². The number of hydrogen-bond donors (Lipinski definition) is 1. The number of nitrogens with two attached hydrogens (primary N) is 1. The molecule has 21 heavy (non-hydrogen) atoms. The summed E-state index contributed by atoms with van der Waals surface area (Å²) in [6, 6.07) is 17.7. The molecule has 0 bridgehead atoms. The van der Waals surface area contributed by atoms with Crippen LogP contribution >= 0.6 is 11.8 Å². The lowest BCUT2D eigenvalue weighted by Crippen LogP contribution is -2.48. The lowest BCUT2D eigenvalue weighted by Gasteiger charge is -2.30. The van der Waals surface area contributed by atoms with Gasteiger partial charge >= 0.3 is 5.97 Å². The van der Waals surface area contributed by atoms with Crippen molar-refractivity contribution in [1.82, 2.24) is 0 Å². The Kier molecular flexibility index (Phi) is 3.74. The van der Waals surface area contributed by atoms with E-state index in [2.05, 4.69) is 0 Å². The highest BCUT2D eigenvalue weighted by Gasteiger charge is 2.50. The van der Waals surface area contributed by atoms with Crippen molar-refractivity contribution in [3.8, 4) is 0 Å². The maximum Gasteiger partial charge on any atom is 0.322 e. The molecule has 108 valence electrons. The van der Waals surface area contributed by atoms with Crippen LogP contribution in [-0.2, 0) is 15.1 Å². The highest BCUT2D eigenvalue weighted by molar-refractivity contribution is 8.01. The van der Waals surface area contributed by atoms with E-state index in [9.17, 15) is 4.79 Å². The van der Waals surface area contributed by atoms with Gasteiger partial charge in [-0.25, -0.2) is 0 Å². The Balaban J connectivity index is 2.13. The lowest BCUT2D eigenvalue weighted by atomic mass is 9.81. The van der Waals surface area contributed by atoms with Crippen LogP contribution < -0.4 is 5.73 Å². The van der Waals surface area contributed by atoms with Gasteiger partial charge in [-0.2, -0.15) is 0 Å². The molecule has 0 saturated heterocycles. The van der Waals surface area contributed by atoms with E-state index in [1.165, 1.54) is 11.8 Å². The zero-order valence-corrected chi connectivity index (χ0v) is 12.6. The third-order valence-corrected chi connectivity index (χ3v) is 5.15. The lowest BCUT2D eigenvalue weighted by molar-refractivity contribution is -0.143. The van der Waals surface area contributed by atoms with Crippen molar-refractivity contribution < 1.29 is 9.53 Å². The molecule has 0 radical (unpaired) electrons. The van der Waals surface area contributed by atoms with Gasteiger partial charge in [0, 0.05) is 4.90 Å². The molecule has 2 N–H and O–H groups in total. The Hall–Kier alpha value is -1.78. The van der Waals surface area contributed by atoms with Crippen LogP contribution in [0.4, 0.5) is 0 Å². The second kappa shape index (κ2) is 5.54. The maximum absolute atomic E-state index is 12.4. The molecular weight excluding hydrogens is 282 g/mol. The Morgan fingerprint density at radius 3 is 2.57 bits per heavy atom. The van der Waals surface area contributed by atoms with E-state index in [-0.39, 0.29) is 5.97 Å². The molecular formula is C17H17NO2S. The fraction of sp³-hybridized carbons (Fsp3) is 0.235. The van der Waals surface area contributed by atoms with E-state index < -0.39 is 10.8 Å². The average molecular weight is 299 g/mol. The van der Waals surface area contributed by atoms with Crippen molar-refractivity contribution in [3.63, 3.8) is 0 Å². The molecule has 4 heteroatoms. The number of rotatable bonds is 3. The number of fused-ring (bicyclic) bond motifs is 1. The average Bonchev–Trinajstić information content (AvgIpc) is 2.83. The molecule has 0 spiro atoms. The summed E-state index contributed by atoms with van der Waals surface area (Å²) in [5.74, 6) is -0.259. The van der Waals surface area contributed by atoms with Gasteiger partial charge in [0.05, 0.1) is 12.1 Å². The van der Waals surface area contributed by atoms with Crippen LogP contribution in [0.3, 0.4) is 0 Å². The molecule has 0 amide bonds. The minimum Gasteiger partial charge on any atom is -0.465 e. The molecule has 0 saturated carbocycles. The second-order valence-corrected chi connectivity index (χ2v) is 6.13. The fourth-order valence-corrected chi connectivity index (χ4v) is 4.13. The van der Waals surface area contributed by atoms with Crippen molar-refractivity contribution in [2.45, 2.75) is 22.6 Å². The Labute approximate surface area is 128 Å². The normalized spacial score (nSPS) is 23.6. The first-order valence-electron chi connectivity index (χ1n) is 6.95. The number of esters is 1. The van der Waals surface area contributed by atoms with Gasteiger partial charge in [-0.05, 0) is 24.1 Å². The number of hydrogen-bond acceptors (Lipinski definition) is 4. The molecule has 3 rings (SSSR count). The van der Waals surface area contributed by atoms with E-state index in [4.69, 9.17) is 10.5 Å². The number of carbonyl (C=O) groups excluding carboxylic acids is 1. The third kappa shape index (κ3) is 2.24. The summed E-state index contributed by atoms with van der Waals surface area (Å²) in [7, 11) is 0. The smallest absolute Gasteiger partial charge is 0.322 e. The van der Waals surface area contributed by atoms with Gasteiger partial charge in [0.1, 0.15) is 5.25 Å². The number of carbonyl (C=O) groups is 1. The van der Waals surface area contributed by atoms with Crippen LogP contribution in [0.15, 0.2) is 59.5 Å². The first-order valence-corrected chi connectivity index (χ1v) is 7.83. The van der Waals surface area contributed by atoms with Crippen LogP contribution in [0.1, 0.15) is 18.1 Å². The summed E-state index contributed by atoms with van der Waals surface area (Å²) >= 11 is 1.49. The Morgan fingerprint density at radius 1 is 1.19 bits per heavy atom. The van der Waals surface area contributed by atoms with Crippen molar-refractivity contribution in [2.75, 3.05) is 6.61 Å². The molecule has 0 aromatic heterocycles. The van der Waals surface area contributed by atoms with Crippen LogP contribution in [0.5, 0.6) is 0 Å². The summed E-state index contributed by atoms with van der Waals surface area (Å²) in [6.07, 6.45) is 0. The van der Waals surface area contributed by atoms with Gasteiger partial charge in [0.15, 0.2) is 0 Å². The Bertz CT molecular complexity index is 659. The summed E-state index contributed by atoms with van der Waals surface area (Å²) in [4.78, 5) is 13.4. The topological polar surface area (TPSA) is 52.3 Å². The van der Waals surface area contributed by atoms with Gasteiger partial charge in [0.2, 0.25) is 0 Å². The van der Waals surface area contributed by atoms with Crippen LogP contribution in [0.25, 0.3) is 0 Å². The summed E-state index contributed by atoms with van der Waals surface area (Å²) in [6.45, 7) is 2.17. The fourth-order valence-electron chi connectivity index (χ4n) is 2.75. The van der Waals surface area contributed by atoms with Gasteiger partial charge in [-0.15, -0.1) is 11.8 Å². The van der Waals surface area contributed by atoms with Crippen molar-refractivity contribution in [1.29, 1.82) is 0 Å². The number of thioether (sulfide) groups is 1. The third-order valence-electron chi connectivity index (χ3n) is 3.74. The highest BCUT2D eigenvalue weighted by Crippen LogP contribution is 2.50. The zero-order chi connectivity index (χ0) is 14.9. The molecule has 3 nitrogen and oxygen atoms in total. The SMILES string of the molecule is CCOC(=O)C1Sc2ccccc2C1(N)c1ccccc1. The molecule has 2 unspecified atom stereocenters. The van der Waals surface area contributed by atoms with Gasteiger partial charge in [-0.3, -0.25) is 4.79 Å². The van der Waals surface area contributed by atoms with E-state index >= 15 is 0 Å². The maximum atomic E-state index is 12.4.